The van der Waals surface area contributed by atoms with Crippen molar-refractivity contribution in [3.8, 4) is 0 Å². The minimum atomic E-state index is 0. The standard InChI is InChI=1S/C18H33N5O.HI/c1-15(2)13-24-11-5-7-21-18(19-4)22-9-6-16(3)17(12-22)23-10-8-20-14-23;/h8,10,14-17H,5-7,9,11-13H2,1-4H3,(H,19,21);1H. The molecule has 1 aliphatic rings. The molecule has 1 N–H and O–H groups in total. The van der Waals surface area contributed by atoms with Gasteiger partial charge in [-0.15, -0.1) is 24.0 Å². The fraction of sp³-hybridized carbons (Fsp3) is 0.778. The van der Waals surface area contributed by atoms with Crippen LogP contribution in [0.25, 0.3) is 0 Å². The fourth-order valence-corrected chi connectivity index (χ4v) is 3.12. The molecule has 7 heteroatoms. The van der Waals surface area contributed by atoms with Crippen LogP contribution >= 0.6 is 24.0 Å². The predicted octanol–water partition coefficient (Wildman–Crippen LogP) is 3.02. The van der Waals surface area contributed by atoms with Gasteiger partial charge in [0.05, 0.1) is 12.4 Å². The van der Waals surface area contributed by atoms with Crippen molar-refractivity contribution in [1.29, 1.82) is 0 Å². The highest BCUT2D eigenvalue weighted by Gasteiger charge is 2.28. The molecule has 0 spiro atoms. The van der Waals surface area contributed by atoms with E-state index in [4.69, 9.17) is 4.74 Å². The molecule has 0 amide bonds. The molecule has 1 saturated heterocycles. The van der Waals surface area contributed by atoms with Crippen LogP contribution in [0.3, 0.4) is 0 Å². The van der Waals surface area contributed by atoms with E-state index in [0.29, 0.717) is 17.9 Å². The summed E-state index contributed by atoms with van der Waals surface area (Å²) in [4.78, 5) is 11.0. The highest BCUT2D eigenvalue weighted by molar-refractivity contribution is 14.0. The second kappa shape index (κ2) is 11.7. The van der Waals surface area contributed by atoms with E-state index in [1.165, 1.54) is 6.42 Å². The maximum Gasteiger partial charge on any atom is 0.193 e. The number of imidazole rings is 1. The largest absolute Gasteiger partial charge is 0.381 e. The molecule has 2 heterocycles. The molecule has 1 aliphatic heterocycles. The monoisotopic (exact) mass is 463 g/mol. The minimum absolute atomic E-state index is 0. The molecule has 6 nitrogen and oxygen atoms in total. The Kier molecular flexibility index (Phi) is 10.4. The van der Waals surface area contributed by atoms with Crippen molar-refractivity contribution in [2.24, 2.45) is 16.8 Å². The Morgan fingerprint density at radius 2 is 2.24 bits per heavy atom. The number of ether oxygens (including phenoxy) is 1. The summed E-state index contributed by atoms with van der Waals surface area (Å²) in [5, 5.41) is 3.48. The maximum absolute atomic E-state index is 5.63. The highest BCUT2D eigenvalue weighted by Crippen LogP contribution is 2.27. The zero-order valence-electron chi connectivity index (χ0n) is 16.0. The predicted molar refractivity (Wildman–Crippen MR) is 114 cm³/mol. The van der Waals surface area contributed by atoms with Crippen molar-refractivity contribution in [2.45, 2.75) is 39.7 Å². The first kappa shape index (κ1) is 22.2. The van der Waals surface area contributed by atoms with Crippen LogP contribution in [0.2, 0.25) is 0 Å². The lowest BCUT2D eigenvalue weighted by Gasteiger charge is -2.39. The van der Waals surface area contributed by atoms with Crippen molar-refractivity contribution in [3.63, 3.8) is 0 Å². The number of guanidine groups is 1. The number of nitrogens with one attached hydrogen (secondary N) is 1. The van der Waals surface area contributed by atoms with E-state index in [-0.39, 0.29) is 24.0 Å². The molecular formula is C18H34IN5O. The quantitative estimate of drug-likeness (QED) is 0.293. The molecule has 144 valence electrons. The van der Waals surface area contributed by atoms with Crippen LogP contribution in [0.1, 0.15) is 39.7 Å². The number of rotatable bonds is 7. The molecule has 0 radical (unpaired) electrons. The number of aromatic nitrogens is 2. The zero-order valence-corrected chi connectivity index (χ0v) is 18.3. The first-order valence-corrected chi connectivity index (χ1v) is 9.12. The summed E-state index contributed by atoms with van der Waals surface area (Å²) >= 11 is 0. The van der Waals surface area contributed by atoms with Gasteiger partial charge >= 0.3 is 0 Å². The summed E-state index contributed by atoms with van der Waals surface area (Å²) in [6, 6.07) is 0.453. The lowest BCUT2D eigenvalue weighted by atomic mass is 9.93. The highest BCUT2D eigenvalue weighted by atomic mass is 127. The van der Waals surface area contributed by atoms with Gasteiger partial charge in [0.25, 0.3) is 0 Å². The maximum atomic E-state index is 5.63. The number of nitrogens with zero attached hydrogens (tertiary/aromatic N) is 4. The topological polar surface area (TPSA) is 54.7 Å². The number of hydrogen-bond donors (Lipinski definition) is 1. The Morgan fingerprint density at radius 1 is 1.44 bits per heavy atom. The average molecular weight is 463 g/mol. The first-order chi connectivity index (χ1) is 11.6. The number of likely N-dealkylation sites (tertiary alicyclic amines) is 1. The van der Waals surface area contributed by atoms with E-state index in [1.54, 1.807) is 0 Å². The Hall–Kier alpha value is -0.830. The van der Waals surface area contributed by atoms with Crippen molar-refractivity contribution in [2.75, 3.05) is 39.9 Å². The van der Waals surface area contributed by atoms with Crippen LogP contribution in [-0.2, 0) is 4.74 Å². The summed E-state index contributed by atoms with van der Waals surface area (Å²) in [5.74, 6) is 2.25. The van der Waals surface area contributed by atoms with Crippen molar-refractivity contribution < 1.29 is 4.74 Å². The first-order valence-electron chi connectivity index (χ1n) is 9.12. The molecule has 2 unspecified atom stereocenters. The molecule has 1 aromatic rings. The van der Waals surface area contributed by atoms with E-state index < -0.39 is 0 Å². The second-order valence-electron chi connectivity index (χ2n) is 7.09. The number of piperidine rings is 1. The van der Waals surface area contributed by atoms with Gasteiger partial charge in [-0.2, -0.15) is 0 Å². The third kappa shape index (κ3) is 7.13. The van der Waals surface area contributed by atoms with E-state index in [0.717, 1.165) is 45.2 Å². The summed E-state index contributed by atoms with van der Waals surface area (Å²) in [6.45, 7) is 11.2. The summed E-state index contributed by atoms with van der Waals surface area (Å²) in [5.41, 5.74) is 0. The van der Waals surface area contributed by atoms with Crippen LogP contribution in [0.5, 0.6) is 0 Å². The summed E-state index contributed by atoms with van der Waals surface area (Å²) < 4.78 is 7.86. The number of hydrogen-bond acceptors (Lipinski definition) is 3. The SMILES string of the molecule is CN=C(NCCCOCC(C)C)N1CCC(C)C(n2ccnc2)C1.I. The number of halogens is 1. The van der Waals surface area contributed by atoms with Gasteiger partial charge in [0, 0.05) is 52.3 Å². The van der Waals surface area contributed by atoms with Gasteiger partial charge in [-0.25, -0.2) is 4.98 Å². The van der Waals surface area contributed by atoms with Crippen molar-refractivity contribution in [3.05, 3.63) is 18.7 Å². The lowest BCUT2D eigenvalue weighted by molar-refractivity contribution is 0.108. The Morgan fingerprint density at radius 3 is 2.88 bits per heavy atom. The van der Waals surface area contributed by atoms with Gasteiger partial charge in [-0.3, -0.25) is 4.99 Å². The summed E-state index contributed by atoms with van der Waals surface area (Å²) in [6.07, 6.45) is 8.01. The van der Waals surface area contributed by atoms with Crippen LogP contribution in [0, 0.1) is 11.8 Å². The second-order valence-corrected chi connectivity index (χ2v) is 7.09. The van der Waals surface area contributed by atoms with Crippen LogP contribution in [0.4, 0.5) is 0 Å². The van der Waals surface area contributed by atoms with Gasteiger partial charge in [0.2, 0.25) is 0 Å². The third-order valence-corrected chi connectivity index (χ3v) is 4.54. The molecule has 0 saturated carbocycles. The normalized spacial score (nSPS) is 21.3. The minimum Gasteiger partial charge on any atom is -0.381 e. The van der Waals surface area contributed by atoms with E-state index in [9.17, 15) is 0 Å². The molecule has 1 aromatic heterocycles. The van der Waals surface area contributed by atoms with Crippen LogP contribution < -0.4 is 5.32 Å². The lowest BCUT2D eigenvalue weighted by Crippen LogP contribution is -2.49. The van der Waals surface area contributed by atoms with E-state index in [2.05, 4.69) is 51.7 Å². The van der Waals surface area contributed by atoms with Gasteiger partial charge in [0.1, 0.15) is 0 Å². The molecular weight excluding hydrogens is 429 g/mol. The molecule has 0 aliphatic carbocycles. The molecule has 2 rings (SSSR count). The van der Waals surface area contributed by atoms with Crippen molar-refractivity contribution >= 4 is 29.9 Å². The van der Waals surface area contributed by atoms with Crippen LogP contribution in [-0.4, -0.2) is 60.3 Å². The molecule has 25 heavy (non-hydrogen) atoms. The van der Waals surface area contributed by atoms with E-state index >= 15 is 0 Å². The Bertz CT molecular complexity index is 492. The van der Waals surface area contributed by atoms with Gasteiger partial charge in [-0.1, -0.05) is 20.8 Å². The molecule has 2 atom stereocenters. The van der Waals surface area contributed by atoms with Gasteiger partial charge < -0.3 is 19.5 Å². The molecule has 0 bridgehead atoms. The Labute approximate surface area is 169 Å². The zero-order chi connectivity index (χ0) is 17.4. The third-order valence-electron chi connectivity index (χ3n) is 4.54. The van der Waals surface area contributed by atoms with Gasteiger partial charge in [0.15, 0.2) is 5.96 Å². The van der Waals surface area contributed by atoms with Gasteiger partial charge in [-0.05, 0) is 24.7 Å². The molecule has 0 aromatic carbocycles. The van der Waals surface area contributed by atoms with Crippen LogP contribution in [0.15, 0.2) is 23.7 Å². The summed E-state index contributed by atoms with van der Waals surface area (Å²) in [7, 11) is 1.86. The fourth-order valence-electron chi connectivity index (χ4n) is 3.12. The Balaban J connectivity index is 0.00000312. The average Bonchev–Trinajstić information content (AvgIpc) is 3.09. The molecule has 1 fully saturated rings. The van der Waals surface area contributed by atoms with E-state index in [1.807, 2.05) is 19.6 Å². The smallest absolute Gasteiger partial charge is 0.193 e. The van der Waals surface area contributed by atoms with Crippen molar-refractivity contribution in [1.82, 2.24) is 19.8 Å². The number of aliphatic imine (C=N–C) groups is 1.